The molecule has 27 heavy (non-hydrogen) atoms. The molecule has 2 aromatic carbocycles. The van der Waals surface area contributed by atoms with Crippen molar-refractivity contribution in [2.24, 2.45) is 0 Å². The van der Waals surface area contributed by atoms with Crippen molar-refractivity contribution in [3.05, 3.63) is 70.7 Å². The third-order valence-corrected chi connectivity index (χ3v) is 4.83. The highest BCUT2D eigenvalue weighted by Crippen LogP contribution is 2.25. The number of nitrogens with zero attached hydrogens (tertiary/aromatic N) is 3. The Bertz CT molecular complexity index is 1190. The van der Waals surface area contributed by atoms with Crippen LogP contribution in [0.25, 0.3) is 16.6 Å². The number of imidazole rings is 1. The molecule has 0 radical (unpaired) electrons. The molecule has 0 atom stereocenters. The largest absolute Gasteiger partial charge is 0.478 e. The zero-order valence-electron chi connectivity index (χ0n) is 15.4. The van der Waals surface area contributed by atoms with E-state index in [0.29, 0.717) is 12.1 Å². The van der Waals surface area contributed by atoms with E-state index in [1.54, 1.807) is 24.5 Å². The summed E-state index contributed by atoms with van der Waals surface area (Å²) in [5, 5.41) is 12.7. The number of fused-ring (bicyclic) bond motifs is 3. The third kappa shape index (κ3) is 2.99. The molecule has 6 heteroatoms. The number of carboxylic acids is 1. The second kappa shape index (κ2) is 6.39. The van der Waals surface area contributed by atoms with Crippen LogP contribution >= 0.6 is 0 Å². The van der Waals surface area contributed by atoms with Gasteiger partial charge in [-0.3, -0.25) is 4.40 Å². The topological polar surface area (TPSA) is 79.5 Å². The molecule has 0 saturated heterocycles. The predicted octanol–water partition coefficient (Wildman–Crippen LogP) is 4.12. The van der Waals surface area contributed by atoms with Crippen molar-refractivity contribution in [1.29, 1.82) is 0 Å². The number of nitrogens with one attached hydrogen (secondary N) is 1. The van der Waals surface area contributed by atoms with Crippen LogP contribution in [0.4, 0.5) is 5.82 Å². The highest BCUT2D eigenvalue weighted by molar-refractivity contribution is 5.94. The van der Waals surface area contributed by atoms with E-state index < -0.39 is 5.97 Å². The second-order valence-corrected chi connectivity index (χ2v) is 6.80. The second-order valence-electron chi connectivity index (χ2n) is 6.80. The summed E-state index contributed by atoms with van der Waals surface area (Å²) >= 11 is 0. The fraction of sp³-hybridized carbons (Fsp3) is 0.190. The summed E-state index contributed by atoms with van der Waals surface area (Å²) in [6, 6.07) is 11.3. The fourth-order valence-electron chi connectivity index (χ4n) is 3.37. The maximum atomic E-state index is 11.3. The van der Waals surface area contributed by atoms with Crippen LogP contribution in [0, 0.1) is 20.8 Å². The Balaban J connectivity index is 1.81. The summed E-state index contributed by atoms with van der Waals surface area (Å²) in [6.45, 7) is 6.76. The molecule has 4 rings (SSSR count). The van der Waals surface area contributed by atoms with Gasteiger partial charge in [0.1, 0.15) is 11.8 Å². The lowest BCUT2D eigenvalue weighted by Gasteiger charge is -2.13. The Labute approximate surface area is 156 Å². The molecule has 0 aliphatic rings. The smallest absolute Gasteiger partial charge is 0.335 e. The van der Waals surface area contributed by atoms with Crippen LogP contribution in [0.3, 0.4) is 0 Å². The summed E-state index contributed by atoms with van der Waals surface area (Å²) in [5.41, 5.74) is 7.05. The minimum atomic E-state index is -0.959. The van der Waals surface area contributed by atoms with Gasteiger partial charge in [0.25, 0.3) is 0 Å². The Morgan fingerprint density at radius 3 is 2.70 bits per heavy atom. The van der Waals surface area contributed by atoms with Crippen molar-refractivity contribution in [2.45, 2.75) is 27.3 Å². The molecule has 0 fully saturated rings. The van der Waals surface area contributed by atoms with Crippen molar-refractivity contribution >= 4 is 28.3 Å². The van der Waals surface area contributed by atoms with Gasteiger partial charge in [-0.2, -0.15) is 0 Å². The molecule has 0 aliphatic heterocycles. The van der Waals surface area contributed by atoms with E-state index in [0.717, 1.165) is 22.5 Å². The minimum Gasteiger partial charge on any atom is -0.478 e. The van der Waals surface area contributed by atoms with E-state index in [4.69, 9.17) is 4.98 Å². The number of hydrogen-bond donors (Lipinski definition) is 2. The van der Waals surface area contributed by atoms with Crippen LogP contribution in [0.15, 0.2) is 42.7 Å². The van der Waals surface area contributed by atoms with Gasteiger partial charge >= 0.3 is 5.97 Å². The normalized spacial score (nSPS) is 11.2. The number of hydrogen-bond acceptors (Lipinski definition) is 4. The molecule has 0 spiro atoms. The lowest BCUT2D eigenvalue weighted by atomic mass is 10.1. The van der Waals surface area contributed by atoms with Crippen LogP contribution in [0.1, 0.15) is 32.7 Å². The lowest BCUT2D eigenvalue weighted by molar-refractivity contribution is 0.0697. The SMILES string of the molecule is Cc1ccc(CNc2nc3ccc(C(=O)O)cc3n3cnc(C)c23)c(C)c1. The van der Waals surface area contributed by atoms with Crippen LogP contribution in [0.5, 0.6) is 0 Å². The highest BCUT2D eigenvalue weighted by Gasteiger charge is 2.14. The van der Waals surface area contributed by atoms with Gasteiger partial charge in [0.2, 0.25) is 0 Å². The number of rotatable bonds is 4. The molecule has 2 heterocycles. The molecule has 0 aliphatic carbocycles. The summed E-state index contributed by atoms with van der Waals surface area (Å²) in [5.74, 6) is -0.223. The van der Waals surface area contributed by atoms with E-state index in [-0.39, 0.29) is 5.56 Å². The number of aryl methyl sites for hydroxylation is 3. The van der Waals surface area contributed by atoms with Gasteiger partial charge in [-0.05, 0) is 50.1 Å². The van der Waals surface area contributed by atoms with E-state index in [9.17, 15) is 9.90 Å². The lowest BCUT2D eigenvalue weighted by Crippen LogP contribution is -2.06. The van der Waals surface area contributed by atoms with Gasteiger partial charge in [0.15, 0.2) is 5.82 Å². The zero-order valence-corrected chi connectivity index (χ0v) is 15.4. The fourth-order valence-corrected chi connectivity index (χ4v) is 3.37. The van der Waals surface area contributed by atoms with E-state index in [1.807, 2.05) is 11.3 Å². The van der Waals surface area contributed by atoms with Crippen molar-refractivity contribution in [2.75, 3.05) is 5.32 Å². The van der Waals surface area contributed by atoms with E-state index in [2.05, 4.69) is 42.3 Å². The van der Waals surface area contributed by atoms with Crippen molar-refractivity contribution in [3.63, 3.8) is 0 Å². The van der Waals surface area contributed by atoms with Gasteiger partial charge in [0.05, 0.1) is 22.3 Å². The standard InChI is InChI=1S/C21H20N4O2/c1-12-4-5-16(13(2)8-12)10-22-20-19-14(3)23-11-25(19)18-9-15(21(26)27)6-7-17(18)24-20/h4-9,11H,10H2,1-3H3,(H,22,24)(H,26,27). The molecule has 6 nitrogen and oxygen atoms in total. The number of anilines is 1. The molecule has 2 aromatic heterocycles. The van der Waals surface area contributed by atoms with Gasteiger partial charge in [0, 0.05) is 6.54 Å². The first kappa shape index (κ1) is 17.0. The highest BCUT2D eigenvalue weighted by atomic mass is 16.4. The number of aromatic nitrogens is 3. The summed E-state index contributed by atoms with van der Waals surface area (Å²) in [6.07, 6.45) is 1.71. The Hall–Kier alpha value is -3.41. The molecule has 0 saturated carbocycles. The number of carboxylic acid groups (broad SMARTS) is 1. The monoisotopic (exact) mass is 360 g/mol. The quantitative estimate of drug-likeness (QED) is 0.572. The minimum absolute atomic E-state index is 0.230. The van der Waals surface area contributed by atoms with Crippen LogP contribution < -0.4 is 5.32 Å². The number of carbonyl (C=O) groups is 1. The molecule has 0 unspecified atom stereocenters. The predicted molar refractivity (Wildman–Crippen MR) is 105 cm³/mol. The van der Waals surface area contributed by atoms with Crippen molar-refractivity contribution < 1.29 is 9.90 Å². The molecule has 4 aromatic rings. The van der Waals surface area contributed by atoms with E-state index >= 15 is 0 Å². The maximum Gasteiger partial charge on any atom is 0.335 e. The Kier molecular flexibility index (Phi) is 4.03. The molecule has 2 N–H and O–H groups in total. The van der Waals surface area contributed by atoms with Crippen molar-refractivity contribution in [1.82, 2.24) is 14.4 Å². The maximum absolute atomic E-state index is 11.3. The first-order valence-electron chi connectivity index (χ1n) is 8.75. The van der Waals surface area contributed by atoms with Crippen LogP contribution in [0.2, 0.25) is 0 Å². The van der Waals surface area contributed by atoms with Gasteiger partial charge in [-0.25, -0.2) is 14.8 Å². The van der Waals surface area contributed by atoms with Crippen LogP contribution in [-0.4, -0.2) is 25.4 Å². The van der Waals surface area contributed by atoms with Crippen molar-refractivity contribution in [3.8, 4) is 0 Å². The summed E-state index contributed by atoms with van der Waals surface area (Å²) in [7, 11) is 0. The molecular formula is C21H20N4O2. The Morgan fingerprint density at radius 2 is 1.96 bits per heavy atom. The summed E-state index contributed by atoms with van der Waals surface area (Å²) < 4.78 is 1.90. The third-order valence-electron chi connectivity index (χ3n) is 4.83. The van der Waals surface area contributed by atoms with Crippen LogP contribution in [-0.2, 0) is 6.54 Å². The molecule has 0 amide bonds. The number of benzene rings is 2. The Morgan fingerprint density at radius 1 is 1.15 bits per heavy atom. The molecule has 0 bridgehead atoms. The first-order chi connectivity index (χ1) is 12.9. The number of aromatic carboxylic acids is 1. The average Bonchev–Trinajstić information content (AvgIpc) is 3.03. The first-order valence-corrected chi connectivity index (χ1v) is 8.75. The van der Waals surface area contributed by atoms with E-state index in [1.165, 1.54) is 16.7 Å². The van der Waals surface area contributed by atoms with Gasteiger partial charge in [-0.15, -0.1) is 0 Å². The zero-order chi connectivity index (χ0) is 19.1. The average molecular weight is 360 g/mol. The van der Waals surface area contributed by atoms with Gasteiger partial charge in [-0.1, -0.05) is 23.8 Å². The molecular weight excluding hydrogens is 340 g/mol. The summed E-state index contributed by atoms with van der Waals surface area (Å²) in [4.78, 5) is 20.4. The molecule has 136 valence electrons. The van der Waals surface area contributed by atoms with Gasteiger partial charge < -0.3 is 10.4 Å².